The van der Waals surface area contributed by atoms with Gasteiger partial charge in [-0.15, -0.1) is 22.7 Å². The lowest BCUT2D eigenvalue weighted by Crippen LogP contribution is -1.91. The van der Waals surface area contributed by atoms with Crippen molar-refractivity contribution in [2.75, 3.05) is 0 Å². The van der Waals surface area contributed by atoms with Gasteiger partial charge in [-0.2, -0.15) is 0 Å². The first-order valence-corrected chi connectivity index (χ1v) is 14.3. The highest BCUT2D eigenvalue weighted by Gasteiger charge is 2.20. The zero-order valence-electron chi connectivity index (χ0n) is 20.4. The van der Waals surface area contributed by atoms with Crippen LogP contribution in [0.3, 0.4) is 0 Å². The second-order valence-electron chi connectivity index (χ2n) is 9.44. The van der Waals surface area contributed by atoms with E-state index in [-0.39, 0.29) is 0 Å². The van der Waals surface area contributed by atoms with E-state index in [1.54, 1.807) is 20.9 Å². The van der Waals surface area contributed by atoms with E-state index in [1.165, 1.54) is 95.5 Å². The monoisotopic (exact) mass is 462 g/mol. The Morgan fingerprint density at radius 1 is 0.562 bits per heavy atom. The average molecular weight is 463 g/mol. The second kappa shape index (κ2) is 11.0. The summed E-state index contributed by atoms with van der Waals surface area (Å²) in [5.74, 6) is 0. The molecule has 0 unspecified atom stereocenters. The van der Waals surface area contributed by atoms with Gasteiger partial charge < -0.3 is 0 Å². The van der Waals surface area contributed by atoms with Gasteiger partial charge >= 0.3 is 0 Å². The van der Waals surface area contributed by atoms with Crippen molar-refractivity contribution < 1.29 is 0 Å². The zero-order chi connectivity index (χ0) is 22.5. The van der Waals surface area contributed by atoms with Gasteiger partial charge in [-0.05, 0) is 73.6 Å². The fourth-order valence-corrected chi connectivity index (χ4v) is 7.49. The maximum Gasteiger partial charge on any atom is 0.0490 e. The molecule has 4 aromatic rings. The number of benzene rings is 2. The fourth-order valence-electron chi connectivity index (χ4n) is 4.85. The summed E-state index contributed by atoms with van der Waals surface area (Å²) in [7, 11) is 0. The van der Waals surface area contributed by atoms with Gasteiger partial charge in [-0.25, -0.2) is 0 Å². The lowest BCUT2D eigenvalue weighted by atomic mass is 9.97. The highest BCUT2D eigenvalue weighted by atomic mass is 32.1. The maximum atomic E-state index is 2.43. The highest BCUT2D eigenvalue weighted by molar-refractivity contribution is 7.28. The van der Waals surface area contributed by atoms with Crippen molar-refractivity contribution in [1.82, 2.24) is 0 Å². The minimum absolute atomic E-state index is 1.21. The van der Waals surface area contributed by atoms with Crippen molar-refractivity contribution >= 4 is 42.8 Å². The minimum atomic E-state index is 1.21. The van der Waals surface area contributed by atoms with E-state index >= 15 is 0 Å². The summed E-state index contributed by atoms with van der Waals surface area (Å²) in [6, 6.07) is 14.1. The summed E-state index contributed by atoms with van der Waals surface area (Å²) < 4.78 is 2.92. The van der Waals surface area contributed by atoms with Crippen LogP contribution >= 0.6 is 22.7 Å². The smallest absolute Gasteiger partial charge is 0.0490 e. The third-order valence-corrected chi connectivity index (χ3v) is 9.25. The van der Waals surface area contributed by atoms with Crippen LogP contribution in [0.25, 0.3) is 29.9 Å². The molecule has 0 N–H and O–H groups in total. The Morgan fingerprint density at radius 3 is 1.41 bits per heavy atom. The van der Waals surface area contributed by atoms with E-state index in [9.17, 15) is 0 Å². The lowest BCUT2D eigenvalue weighted by molar-refractivity contribution is 0.668. The van der Waals surface area contributed by atoms with Crippen molar-refractivity contribution in [3.8, 4) is 9.75 Å². The average Bonchev–Trinajstić information content (AvgIpc) is 3.32. The first kappa shape index (κ1) is 23.5. The van der Waals surface area contributed by atoms with Crippen LogP contribution < -0.4 is 0 Å². The van der Waals surface area contributed by atoms with Crippen LogP contribution in [0.15, 0.2) is 36.4 Å². The summed E-state index contributed by atoms with van der Waals surface area (Å²) in [5, 5.41) is 3.01. The predicted molar refractivity (Wildman–Crippen MR) is 148 cm³/mol. The molecule has 2 heteroatoms. The zero-order valence-corrected chi connectivity index (χ0v) is 22.0. The molecular formula is C30H38S2. The number of hydrogen-bond donors (Lipinski definition) is 0. The Hall–Kier alpha value is -1.64. The molecule has 0 amide bonds. The Balaban J connectivity index is 1.82. The molecule has 0 atom stereocenters. The first-order chi connectivity index (χ1) is 15.6. The van der Waals surface area contributed by atoms with E-state index in [0.717, 1.165) is 0 Å². The van der Waals surface area contributed by atoms with Crippen molar-refractivity contribution in [3.63, 3.8) is 0 Å². The molecule has 0 fully saturated rings. The van der Waals surface area contributed by atoms with Crippen LogP contribution in [0.1, 0.15) is 87.5 Å². The van der Waals surface area contributed by atoms with Gasteiger partial charge in [0.05, 0.1) is 0 Å². The van der Waals surface area contributed by atoms with Gasteiger partial charge in [0.2, 0.25) is 0 Å². The summed E-state index contributed by atoms with van der Waals surface area (Å²) >= 11 is 4.07. The molecule has 2 aromatic carbocycles. The number of aryl methyl sites for hydroxylation is 4. The van der Waals surface area contributed by atoms with Crippen LogP contribution in [0.5, 0.6) is 0 Å². The van der Waals surface area contributed by atoms with Crippen molar-refractivity contribution in [2.45, 2.75) is 91.9 Å². The van der Waals surface area contributed by atoms with Crippen molar-refractivity contribution in [3.05, 3.63) is 58.7 Å². The van der Waals surface area contributed by atoms with E-state index in [0.29, 0.717) is 0 Å². The second-order valence-corrected chi connectivity index (χ2v) is 11.5. The summed E-state index contributed by atoms with van der Waals surface area (Å²) in [6.45, 7) is 9.08. The highest BCUT2D eigenvalue weighted by Crippen LogP contribution is 2.47. The lowest BCUT2D eigenvalue weighted by Gasteiger charge is -2.08. The molecule has 0 aliphatic carbocycles. The molecule has 32 heavy (non-hydrogen) atoms. The van der Waals surface area contributed by atoms with E-state index in [4.69, 9.17) is 0 Å². The molecule has 0 aliphatic heterocycles. The van der Waals surface area contributed by atoms with Crippen LogP contribution in [0, 0.1) is 13.8 Å². The SMILES string of the molecule is CCCCCCc1c(-c2sc3ccc(C)cc3c2CCCCCC)sc2ccc(C)cc12. The predicted octanol–water partition coefficient (Wildman–Crippen LogP) is 10.6. The number of unbranched alkanes of at least 4 members (excludes halogenated alkanes) is 6. The number of fused-ring (bicyclic) bond motifs is 2. The fraction of sp³-hybridized carbons (Fsp3) is 0.467. The Bertz CT molecular complexity index is 1080. The van der Waals surface area contributed by atoms with Crippen LogP contribution in [0.2, 0.25) is 0 Å². The quantitative estimate of drug-likeness (QED) is 0.194. The molecule has 0 nitrogen and oxygen atoms in total. The number of thiophene rings is 2. The topological polar surface area (TPSA) is 0 Å². The molecule has 2 heterocycles. The van der Waals surface area contributed by atoms with E-state index in [2.05, 4.69) is 64.1 Å². The van der Waals surface area contributed by atoms with E-state index in [1.807, 2.05) is 22.7 Å². The molecular weight excluding hydrogens is 424 g/mol. The van der Waals surface area contributed by atoms with Crippen LogP contribution in [0.4, 0.5) is 0 Å². The Kier molecular flexibility index (Phi) is 8.07. The van der Waals surface area contributed by atoms with Gasteiger partial charge in [0.15, 0.2) is 0 Å². The van der Waals surface area contributed by atoms with Crippen LogP contribution in [-0.2, 0) is 12.8 Å². The van der Waals surface area contributed by atoms with Crippen LogP contribution in [-0.4, -0.2) is 0 Å². The molecule has 0 spiro atoms. The largest absolute Gasteiger partial charge is 0.134 e. The third kappa shape index (κ3) is 5.13. The van der Waals surface area contributed by atoms with E-state index < -0.39 is 0 Å². The van der Waals surface area contributed by atoms with Crippen molar-refractivity contribution in [1.29, 1.82) is 0 Å². The number of rotatable bonds is 11. The molecule has 0 bridgehead atoms. The number of hydrogen-bond acceptors (Lipinski definition) is 2. The molecule has 0 radical (unpaired) electrons. The molecule has 0 aliphatic rings. The minimum Gasteiger partial charge on any atom is -0.134 e. The van der Waals surface area contributed by atoms with Gasteiger partial charge in [0, 0.05) is 19.2 Å². The molecule has 0 saturated heterocycles. The maximum absolute atomic E-state index is 2.43. The Morgan fingerprint density at radius 2 is 1.00 bits per heavy atom. The standard InChI is InChI=1S/C30H38S2/c1-5-7-9-11-13-23-25-19-21(3)15-17-27(25)31-29(23)30-24(14-12-10-8-6-2)26-20-22(4)16-18-28(26)32-30/h15-20H,5-14H2,1-4H3. The third-order valence-electron chi connectivity index (χ3n) is 6.66. The molecule has 4 rings (SSSR count). The molecule has 0 saturated carbocycles. The van der Waals surface area contributed by atoms with Crippen molar-refractivity contribution in [2.24, 2.45) is 0 Å². The van der Waals surface area contributed by atoms with Gasteiger partial charge in [-0.3, -0.25) is 0 Å². The summed E-state index contributed by atoms with van der Waals surface area (Å²) in [5.41, 5.74) is 5.98. The Labute approximate surface area is 202 Å². The van der Waals surface area contributed by atoms with Gasteiger partial charge in [0.25, 0.3) is 0 Å². The molecule has 170 valence electrons. The first-order valence-electron chi connectivity index (χ1n) is 12.7. The molecule has 2 aromatic heterocycles. The normalized spacial score (nSPS) is 11.8. The van der Waals surface area contributed by atoms with Gasteiger partial charge in [-0.1, -0.05) is 87.8 Å². The summed E-state index contributed by atoms with van der Waals surface area (Å²) in [6.07, 6.45) is 13.0. The van der Waals surface area contributed by atoms with Gasteiger partial charge in [0.1, 0.15) is 0 Å². The summed E-state index contributed by atoms with van der Waals surface area (Å²) in [4.78, 5) is 3.12.